The van der Waals surface area contributed by atoms with Crippen LogP contribution in [0.1, 0.15) is 112 Å². The van der Waals surface area contributed by atoms with Gasteiger partial charge >= 0.3 is 23.9 Å². The quantitative estimate of drug-likeness (QED) is 0.136. The zero-order valence-corrected chi connectivity index (χ0v) is 51.5. The second-order valence-electron chi connectivity index (χ2n) is 23.5. The van der Waals surface area contributed by atoms with Gasteiger partial charge in [0.2, 0.25) is 10.0 Å². The zero-order chi connectivity index (χ0) is 61.6. The second kappa shape index (κ2) is 30.2. The van der Waals surface area contributed by atoms with Crippen LogP contribution in [0.5, 0.6) is 0 Å². The first-order valence-corrected chi connectivity index (χ1v) is 30.0. The van der Waals surface area contributed by atoms with E-state index in [0.717, 1.165) is 25.2 Å². The Morgan fingerprint density at radius 1 is 0.494 bits per heavy atom. The first kappa shape index (κ1) is 67.1. The van der Waals surface area contributed by atoms with Gasteiger partial charge in [0.25, 0.3) is 23.6 Å². The van der Waals surface area contributed by atoms with Crippen molar-refractivity contribution in [2.24, 2.45) is 23.7 Å². The molecule has 0 bridgehead atoms. The maximum atomic E-state index is 15.1. The van der Waals surface area contributed by atoms with E-state index in [0.29, 0.717) is 24.3 Å². The Labute approximate surface area is 489 Å². The maximum Gasteiger partial charge on any atom is 0.329 e. The first-order chi connectivity index (χ1) is 39.0. The number of aromatic nitrogens is 2. The van der Waals surface area contributed by atoms with E-state index >= 15 is 4.79 Å². The molecule has 23 heteroatoms. The van der Waals surface area contributed by atoms with Crippen molar-refractivity contribution in [1.29, 1.82) is 0 Å². The highest BCUT2D eigenvalue weighted by atomic mass is 32.2. The molecular weight excluding hydrogens is 1090 g/mol. The molecule has 3 heterocycles. The Bertz CT molecular complexity index is 2800. The van der Waals surface area contributed by atoms with Crippen LogP contribution in [0.4, 0.5) is 0 Å². The molecule has 8 atom stereocenters. The standard InChI is InChI=1S/C60H87N7O15S/c1-37(2)28-47-57(72)79-42(10)54(69)63(12)50(31-40(7)8)60(75)82-52(33-44-20-22-45(23-21-44)35-66-36-46(34-61-66)83(76,77)67-24-26-78-27-25-67)56(71)65(14)48(29-38(3)4)58(73)80-41(9)53(68)62(11)49(30-39(5)6)59(74)81-51(55(70)64(47)13)32-43-18-16-15-17-19-43/h15-23,34,36-42,47-52H,24-33,35H2,1-14H3/t41-,42-,47+,48+,49+,50+,51-,52-/m1/s1. The molecule has 2 aliphatic heterocycles. The van der Waals surface area contributed by atoms with Crippen LogP contribution in [-0.2, 0) is 91.5 Å². The maximum absolute atomic E-state index is 15.1. The van der Waals surface area contributed by atoms with E-state index in [4.69, 9.17) is 23.7 Å². The van der Waals surface area contributed by atoms with Crippen LogP contribution in [-0.4, -0.2) is 193 Å². The Morgan fingerprint density at radius 3 is 1.23 bits per heavy atom. The van der Waals surface area contributed by atoms with Crippen molar-refractivity contribution in [2.75, 3.05) is 54.5 Å². The van der Waals surface area contributed by atoms with Crippen LogP contribution >= 0.6 is 0 Å². The number of esters is 4. The normalized spacial score (nSPS) is 24.4. The van der Waals surface area contributed by atoms with Crippen LogP contribution in [0, 0.1) is 23.7 Å². The largest absolute Gasteiger partial charge is 0.451 e. The SMILES string of the molecule is CC(C)C[C@H]1C(=O)O[C@H](Cc2ccc(Cn3cc(S(=O)(=O)N4CCOCC4)cn3)cc2)C(=O)N(C)[C@@H](CC(C)C)C(=O)O[C@H](C)C(=O)N(C)[C@@H](CC(C)C)C(=O)O[C@H](Cc2ccccc2)C(=O)N(C)[C@@H](CC(C)C)C(=O)O[C@H](C)C(=O)N1C. The number of carbonyl (C=O) groups excluding carboxylic acids is 8. The van der Waals surface area contributed by atoms with Gasteiger partial charge in [0.1, 0.15) is 29.1 Å². The number of benzene rings is 2. The highest BCUT2D eigenvalue weighted by molar-refractivity contribution is 7.89. The number of hydrogen-bond donors (Lipinski definition) is 0. The number of amides is 4. The predicted molar refractivity (Wildman–Crippen MR) is 306 cm³/mol. The lowest BCUT2D eigenvalue weighted by atomic mass is 9.99. The van der Waals surface area contributed by atoms with Crippen LogP contribution in [0.15, 0.2) is 71.9 Å². The van der Waals surface area contributed by atoms with Gasteiger partial charge < -0.3 is 43.3 Å². The van der Waals surface area contributed by atoms with Crippen molar-refractivity contribution in [3.8, 4) is 0 Å². The van der Waals surface area contributed by atoms with Gasteiger partial charge in [0.05, 0.1) is 26.0 Å². The van der Waals surface area contributed by atoms with E-state index in [9.17, 15) is 42.0 Å². The third kappa shape index (κ3) is 18.4. The fraction of sp³-hybridized carbons (Fsp3) is 0.617. The Hall–Kier alpha value is -6.72. The second-order valence-corrected chi connectivity index (χ2v) is 25.4. The fourth-order valence-electron chi connectivity index (χ4n) is 9.99. The molecule has 2 aromatic carbocycles. The van der Waals surface area contributed by atoms with Gasteiger partial charge in [-0.2, -0.15) is 9.40 Å². The summed E-state index contributed by atoms with van der Waals surface area (Å²) in [4.78, 5) is 121. The Kier molecular flexibility index (Phi) is 24.4. The fourth-order valence-corrected chi connectivity index (χ4v) is 11.4. The number of sulfonamides is 1. The Morgan fingerprint density at radius 2 is 0.843 bits per heavy atom. The topological polar surface area (TPSA) is 251 Å². The van der Waals surface area contributed by atoms with Crippen molar-refractivity contribution in [3.05, 3.63) is 83.7 Å². The molecule has 0 N–H and O–H groups in total. The molecule has 3 aromatic rings. The minimum absolute atomic E-state index is 0.0384. The molecule has 458 valence electrons. The molecular formula is C60H87N7O15S. The van der Waals surface area contributed by atoms with Gasteiger partial charge in [-0.05, 0) is 79.9 Å². The molecule has 0 aliphatic carbocycles. The lowest BCUT2D eigenvalue weighted by Crippen LogP contribution is -2.55. The summed E-state index contributed by atoms with van der Waals surface area (Å²) in [5.74, 6) is -7.70. The van der Waals surface area contributed by atoms with E-state index in [2.05, 4.69) is 5.10 Å². The average Bonchev–Trinajstić information content (AvgIpc) is 4.00. The summed E-state index contributed by atoms with van der Waals surface area (Å²) in [5.41, 5.74) is 1.87. The summed E-state index contributed by atoms with van der Waals surface area (Å²) in [5, 5.41) is 4.29. The molecule has 0 spiro atoms. The lowest BCUT2D eigenvalue weighted by molar-refractivity contribution is -0.176. The summed E-state index contributed by atoms with van der Waals surface area (Å²) in [7, 11) is 1.68. The molecule has 5 rings (SSSR count). The van der Waals surface area contributed by atoms with Crippen LogP contribution in [0.3, 0.4) is 0 Å². The smallest absolute Gasteiger partial charge is 0.329 e. The molecule has 83 heavy (non-hydrogen) atoms. The zero-order valence-electron chi connectivity index (χ0n) is 50.7. The van der Waals surface area contributed by atoms with Crippen LogP contribution < -0.4 is 0 Å². The number of morpholine rings is 1. The third-order valence-electron chi connectivity index (χ3n) is 14.7. The number of rotatable bonds is 16. The van der Waals surface area contributed by atoms with Crippen molar-refractivity contribution in [1.82, 2.24) is 33.7 Å². The van der Waals surface area contributed by atoms with E-state index in [-0.39, 0.29) is 86.7 Å². The summed E-state index contributed by atoms with van der Waals surface area (Å²) in [6, 6.07) is 10.5. The van der Waals surface area contributed by atoms with Crippen molar-refractivity contribution < 1.29 is 70.5 Å². The highest BCUT2D eigenvalue weighted by Gasteiger charge is 2.43. The van der Waals surface area contributed by atoms with Gasteiger partial charge in [-0.15, -0.1) is 0 Å². The number of ether oxygens (including phenoxy) is 5. The van der Waals surface area contributed by atoms with E-state index in [1.54, 1.807) is 54.6 Å². The minimum atomic E-state index is -3.80. The minimum Gasteiger partial charge on any atom is -0.451 e. The van der Waals surface area contributed by atoms with Gasteiger partial charge in [0.15, 0.2) is 24.4 Å². The van der Waals surface area contributed by atoms with Gasteiger partial charge in [-0.25, -0.2) is 27.6 Å². The summed E-state index contributed by atoms with van der Waals surface area (Å²) >= 11 is 0. The predicted octanol–water partition coefficient (Wildman–Crippen LogP) is 4.93. The van der Waals surface area contributed by atoms with Crippen LogP contribution in [0.2, 0.25) is 0 Å². The number of nitrogens with zero attached hydrogens (tertiary/aromatic N) is 7. The highest BCUT2D eigenvalue weighted by Crippen LogP contribution is 2.25. The molecule has 0 unspecified atom stereocenters. The van der Waals surface area contributed by atoms with Gasteiger partial charge in [-0.1, -0.05) is 110 Å². The summed E-state index contributed by atoms with van der Waals surface area (Å²) in [6.07, 6.45) is -3.46. The van der Waals surface area contributed by atoms with E-state index in [1.807, 2.05) is 55.4 Å². The number of likely N-dealkylation sites (N-methyl/N-ethyl adjacent to an activating group) is 4. The number of carbonyl (C=O) groups is 8. The summed E-state index contributed by atoms with van der Waals surface area (Å²) < 4.78 is 58.8. The molecule has 2 fully saturated rings. The van der Waals surface area contributed by atoms with Crippen LogP contribution in [0.25, 0.3) is 0 Å². The number of cyclic esters (lactones) is 4. The average molecular weight is 1180 g/mol. The van der Waals surface area contributed by atoms with E-state index < -0.39 is 106 Å². The Balaban J connectivity index is 1.56. The lowest BCUT2D eigenvalue weighted by Gasteiger charge is -2.35. The number of hydrogen-bond acceptors (Lipinski definition) is 16. The molecule has 2 aliphatic rings. The first-order valence-electron chi connectivity index (χ1n) is 28.6. The molecule has 0 radical (unpaired) electrons. The van der Waals surface area contributed by atoms with Gasteiger partial charge in [0, 0.05) is 60.3 Å². The van der Waals surface area contributed by atoms with Crippen molar-refractivity contribution in [3.63, 3.8) is 0 Å². The molecule has 1 aromatic heterocycles. The molecule has 0 saturated carbocycles. The third-order valence-corrected chi connectivity index (χ3v) is 16.6. The molecule has 2 saturated heterocycles. The van der Waals surface area contributed by atoms with Crippen molar-refractivity contribution in [2.45, 2.75) is 168 Å². The van der Waals surface area contributed by atoms with E-state index in [1.165, 1.54) is 63.4 Å². The molecule has 4 amide bonds. The summed E-state index contributed by atoms with van der Waals surface area (Å²) in [6.45, 7) is 18.6. The monoisotopic (exact) mass is 1180 g/mol. The molecule has 22 nitrogen and oxygen atoms in total. The van der Waals surface area contributed by atoms with Gasteiger partial charge in [-0.3, -0.25) is 23.9 Å². The van der Waals surface area contributed by atoms with Crippen molar-refractivity contribution >= 4 is 57.5 Å².